The summed E-state index contributed by atoms with van der Waals surface area (Å²) in [5.41, 5.74) is 0.743. The smallest absolute Gasteiger partial charge is 0.264 e. The van der Waals surface area contributed by atoms with Gasteiger partial charge in [-0.2, -0.15) is 5.26 Å². The average molecular weight is 315 g/mol. The molecule has 1 aliphatic rings. The average Bonchev–Trinajstić information content (AvgIpc) is 2.59. The topological polar surface area (TPSA) is 65.8 Å². The predicted octanol–water partition coefficient (Wildman–Crippen LogP) is 1.38. The van der Waals surface area contributed by atoms with Crippen LogP contribution in [0, 0.1) is 11.3 Å². The molecule has 122 valence electrons. The molecule has 2 rings (SSSR count). The summed E-state index contributed by atoms with van der Waals surface area (Å²) in [4.78, 5) is 16.4. The van der Waals surface area contributed by atoms with Crippen molar-refractivity contribution in [3.8, 4) is 17.6 Å². The zero-order chi connectivity index (χ0) is 16.8. The minimum absolute atomic E-state index is 0.0982. The molecule has 1 aromatic rings. The van der Waals surface area contributed by atoms with Crippen molar-refractivity contribution in [1.29, 1.82) is 5.26 Å². The molecule has 1 aliphatic heterocycles. The highest BCUT2D eigenvalue weighted by Crippen LogP contribution is 2.26. The molecule has 6 nitrogen and oxygen atoms in total. The first kappa shape index (κ1) is 16.8. The van der Waals surface area contributed by atoms with Crippen molar-refractivity contribution in [2.24, 2.45) is 0 Å². The van der Waals surface area contributed by atoms with Crippen molar-refractivity contribution < 1.29 is 14.3 Å². The van der Waals surface area contributed by atoms with Crippen LogP contribution in [0.3, 0.4) is 0 Å². The van der Waals surface area contributed by atoms with E-state index in [1.54, 1.807) is 43.4 Å². The van der Waals surface area contributed by atoms with Crippen molar-refractivity contribution in [3.05, 3.63) is 29.3 Å². The van der Waals surface area contributed by atoms with Gasteiger partial charge in [-0.1, -0.05) is 0 Å². The molecule has 0 atom stereocenters. The first-order chi connectivity index (χ1) is 11.1. The van der Waals surface area contributed by atoms with Crippen LogP contribution in [0.15, 0.2) is 23.8 Å². The van der Waals surface area contributed by atoms with Crippen LogP contribution in [0.5, 0.6) is 11.5 Å². The molecule has 0 radical (unpaired) electrons. The van der Waals surface area contributed by atoms with Gasteiger partial charge in [-0.15, -0.1) is 0 Å². The molecular formula is C17H21N3O3. The fraction of sp³-hybridized carbons (Fsp3) is 0.412. The molecule has 0 aromatic heterocycles. The van der Waals surface area contributed by atoms with Gasteiger partial charge >= 0.3 is 0 Å². The number of carbonyl (C=O) groups excluding carboxylic acids is 1. The minimum Gasteiger partial charge on any atom is -0.497 e. The third-order valence-corrected chi connectivity index (χ3v) is 3.88. The first-order valence-corrected chi connectivity index (χ1v) is 7.40. The maximum atomic E-state index is 12.5. The molecule has 0 unspecified atom stereocenters. The lowest BCUT2D eigenvalue weighted by Gasteiger charge is -2.32. The number of rotatable bonds is 4. The molecular weight excluding hydrogens is 294 g/mol. The Balaban J connectivity index is 2.28. The zero-order valence-corrected chi connectivity index (χ0v) is 13.7. The summed E-state index contributed by atoms with van der Waals surface area (Å²) in [6.45, 7) is 2.88. The zero-order valence-electron chi connectivity index (χ0n) is 13.7. The third-order valence-electron chi connectivity index (χ3n) is 3.88. The van der Waals surface area contributed by atoms with Crippen molar-refractivity contribution in [2.45, 2.75) is 0 Å². The molecule has 1 saturated heterocycles. The summed E-state index contributed by atoms with van der Waals surface area (Å²) in [5.74, 6) is 0.983. The molecule has 0 bridgehead atoms. The Morgan fingerprint density at radius 1 is 1.22 bits per heavy atom. The Bertz CT molecular complexity index is 641. The number of ether oxygens (including phenoxy) is 2. The van der Waals surface area contributed by atoms with E-state index in [1.807, 2.05) is 13.1 Å². The second kappa shape index (κ2) is 7.65. The van der Waals surface area contributed by atoms with E-state index < -0.39 is 0 Å². The second-order valence-electron chi connectivity index (χ2n) is 5.37. The SMILES string of the molecule is COc1ccc(OC)c(/C=C(\C#N)C(=O)N2CCN(C)CC2)c1. The summed E-state index contributed by atoms with van der Waals surface area (Å²) in [6.07, 6.45) is 1.56. The Hall–Kier alpha value is -2.52. The number of hydrogen-bond acceptors (Lipinski definition) is 5. The summed E-state index contributed by atoms with van der Waals surface area (Å²) in [5, 5.41) is 9.38. The van der Waals surface area contributed by atoms with E-state index in [-0.39, 0.29) is 11.5 Å². The number of nitrogens with zero attached hydrogens (tertiary/aromatic N) is 3. The second-order valence-corrected chi connectivity index (χ2v) is 5.37. The van der Waals surface area contributed by atoms with Crippen LogP contribution in [-0.2, 0) is 4.79 Å². The predicted molar refractivity (Wildman–Crippen MR) is 87.2 cm³/mol. The van der Waals surface area contributed by atoms with Crippen molar-refractivity contribution in [1.82, 2.24) is 9.80 Å². The van der Waals surface area contributed by atoms with E-state index in [1.165, 1.54) is 0 Å². The fourth-order valence-corrected chi connectivity index (χ4v) is 2.43. The van der Waals surface area contributed by atoms with Gasteiger partial charge < -0.3 is 19.3 Å². The van der Waals surface area contributed by atoms with Crippen LogP contribution in [0.25, 0.3) is 6.08 Å². The third kappa shape index (κ3) is 4.02. The molecule has 6 heteroatoms. The van der Waals surface area contributed by atoms with Gasteiger partial charge in [-0.3, -0.25) is 4.79 Å². The Morgan fingerprint density at radius 2 is 1.91 bits per heavy atom. The van der Waals surface area contributed by atoms with Crippen LogP contribution in [0.4, 0.5) is 0 Å². The number of likely N-dealkylation sites (N-methyl/N-ethyl adjacent to an activating group) is 1. The molecule has 0 aliphatic carbocycles. The maximum absolute atomic E-state index is 12.5. The van der Waals surface area contributed by atoms with Gasteiger partial charge in [0.15, 0.2) is 0 Å². The molecule has 1 heterocycles. The monoisotopic (exact) mass is 315 g/mol. The van der Waals surface area contributed by atoms with E-state index in [0.29, 0.717) is 30.2 Å². The number of methoxy groups -OCH3 is 2. The highest BCUT2D eigenvalue weighted by Gasteiger charge is 2.22. The minimum atomic E-state index is -0.245. The Labute approximate surface area is 136 Å². The van der Waals surface area contributed by atoms with E-state index in [9.17, 15) is 10.1 Å². The summed E-state index contributed by atoms with van der Waals surface area (Å²) in [7, 11) is 5.13. The number of amides is 1. The van der Waals surface area contributed by atoms with Crippen molar-refractivity contribution in [3.63, 3.8) is 0 Å². The summed E-state index contributed by atoms with van der Waals surface area (Å²) in [6, 6.07) is 7.27. The fourth-order valence-electron chi connectivity index (χ4n) is 2.43. The van der Waals surface area contributed by atoms with Crippen LogP contribution in [0.1, 0.15) is 5.56 Å². The number of piperazine rings is 1. The largest absolute Gasteiger partial charge is 0.497 e. The molecule has 0 saturated carbocycles. The van der Waals surface area contributed by atoms with E-state index in [0.717, 1.165) is 13.1 Å². The standard InChI is InChI=1S/C17H21N3O3/c1-19-6-8-20(9-7-19)17(21)14(12-18)10-13-11-15(22-2)4-5-16(13)23-3/h4-5,10-11H,6-9H2,1-3H3/b14-10+. The highest BCUT2D eigenvalue weighted by atomic mass is 16.5. The number of carbonyl (C=O) groups is 1. The lowest BCUT2D eigenvalue weighted by Crippen LogP contribution is -2.47. The van der Waals surface area contributed by atoms with Crippen LogP contribution in [0.2, 0.25) is 0 Å². The lowest BCUT2D eigenvalue weighted by molar-refractivity contribution is -0.128. The Morgan fingerprint density at radius 3 is 2.48 bits per heavy atom. The molecule has 23 heavy (non-hydrogen) atoms. The van der Waals surface area contributed by atoms with Gasteiger partial charge in [0, 0.05) is 31.7 Å². The summed E-state index contributed by atoms with van der Waals surface area (Å²) >= 11 is 0. The highest BCUT2D eigenvalue weighted by molar-refractivity contribution is 6.02. The van der Waals surface area contributed by atoms with Crippen molar-refractivity contribution >= 4 is 12.0 Å². The van der Waals surface area contributed by atoms with Gasteiger partial charge in [0.05, 0.1) is 14.2 Å². The number of hydrogen-bond donors (Lipinski definition) is 0. The molecule has 1 aromatic carbocycles. The first-order valence-electron chi connectivity index (χ1n) is 7.40. The van der Waals surface area contributed by atoms with Crippen molar-refractivity contribution in [2.75, 3.05) is 47.4 Å². The molecule has 0 spiro atoms. The Kier molecular flexibility index (Phi) is 5.61. The van der Waals surface area contributed by atoms with Gasteiger partial charge in [0.1, 0.15) is 23.1 Å². The molecule has 1 fully saturated rings. The number of nitriles is 1. The van der Waals surface area contributed by atoms with Crippen LogP contribution < -0.4 is 9.47 Å². The normalized spacial score (nSPS) is 15.9. The van der Waals surface area contributed by atoms with Gasteiger partial charge in [-0.05, 0) is 31.3 Å². The quantitative estimate of drug-likeness (QED) is 0.620. The molecule has 0 N–H and O–H groups in total. The van der Waals surface area contributed by atoms with Crippen LogP contribution >= 0.6 is 0 Å². The van der Waals surface area contributed by atoms with E-state index in [4.69, 9.17) is 9.47 Å². The van der Waals surface area contributed by atoms with Gasteiger partial charge in [-0.25, -0.2) is 0 Å². The van der Waals surface area contributed by atoms with E-state index >= 15 is 0 Å². The van der Waals surface area contributed by atoms with E-state index in [2.05, 4.69) is 4.90 Å². The lowest BCUT2D eigenvalue weighted by atomic mass is 10.1. The maximum Gasteiger partial charge on any atom is 0.264 e. The van der Waals surface area contributed by atoms with Gasteiger partial charge in [0.25, 0.3) is 5.91 Å². The summed E-state index contributed by atoms with van der Waals surface area (Å²) < 4.78 is 10.5. The number of benzene rings is 1. The van der Waals surface area contributed by atoms with Crippen LogP contribution in [-0.4, -0.2) is 63.2 Å². The van der Waals surface area contributed by atoms with Gasteiger partial charge in [0.2, 0.25) is 0 Å². The molecule has 1 amide bonds.